The Kier molecular flexibility index (Phi) is 3.64. The van der Waals surface area contributed by atoms with E-state index in [0.29, 0.717) is 5.88 Å². The molecule has 27 heavy (non-hydrogen) atoms. The van der Waals surface area contributed by atoms with Crippen molar-refractivity contribution in [2.75, 3.05) is 0 Å². The monoisotopic (exact) mass is 354 g/mol. The second kappa shape index (κ2) is 6.29. The minimum atomic E-state index is 0.706. The molecule has 0 aliphatic rings. The van der Waals surface area contributed by atoms with Gasteiger partial charge in [-0.2, -0.15) is 0 Å². The highest BCUT2D eigenvalue weighted by atomic mass is 16.5. The number of hydrogen-bond donors (Lipinski definition) is 1. The van der Waals surface area contributed by atoms with Crippen LogP contribution in [0, 0.1) is 6.92 Å². The molecule has 5 heteroatoms. The normalized spacial score (nSPS) is 11.3. The molecule has 0 saturated heterocycles. The molecule has 3 aromatic heterocycles. The molecule has 0 aliphatic heterocycles. The van der Waals surface area contributed by atoms with Gasteiger partial charge in [-0.3, -0.25) is 4.57 Å². The van der Waals surface area contributed by atoms with E-state index in [9.17, 15) is 0 Å². The summed E-state index contributed by atoms with van der Waals surface area (Å²) in [7, 11) is 0. The second-order valence-electron chi connectivity index (χ2n) is 6.63. The van der Waals surface area contributed by atoms with Gasteiger partial charge in [-0.25, -0.2) is 4.98 Å². The molecule has 0 radical (unpaired) electrons. The highest BCUT2D eigenvalue weighted by molar-refractivity contribution is 5.85. The molecule has 5 nitrogen and oxygen atoms in total. The second-order valence-corrected chi connectivity index (χ2v) is 6.63. The van der Waals surface area contributed by atoms with Crippen LogP contribution in [0.5, 0.6) is 0 Å². The van der Waals surface area contributed by atoms with Crippen molar-refractivity contribution >= 4 is 10.9 Å². The molecule has 0 spiro atoms. The summed E-state index contributed by atoms with van der Waals surface area (Å²) in [5.74, 6) is 1.63. The Morgan fingerprint density at radius 1 is 1.04 bits per heavy atom. The zero-order chi connectivity index (χ0) is 18.2. The topological polar surface area (TPSA) is 59.6 Å². The maximum absolute atomic E-state index is 5.67. The van der Waals surface area contributed by atoms with Gasteiger partial charge in [0.2, 0.25) is 5.88 Å². The summed E-state index contributed by atoms with van der Waals surface area (Å²) in [6, 6.07) is 20.4. The van der Waals surface area contributed by atoms with Gasteiger partial charge in [0.25, 0.3) is 0 Å². The van der Waals surface area contributed by atoms with E-state index in [2.05, 4.69) is 44.1 Å². The van der Waals surface area contributed by atoms with Crippen LogP contribution in [0.4, 0.5) is 0 Å². The van der Waals surface area contributed by atoms with Crippen LogP contribution in [0.2, 0.25) is 0 Å². The summed E-state index contributed by atoms with van der Waals surface area (Å²) < 4.78 is 7.74. The van der Waals surface area contributed by atoms with Crippen LogP contribution in [0.25, 0.3) is 28.0 Å². The zero-order valence-electron chi connectivity index (χ0n) is 14.9. The van der Waals surface area contributed by atoms with E-state index < -0.39 is 0 Å². The first kappa shape index (κ1) is 15.6. The SMILES string of the molecule is Cc1ncc(Cc2cn(-c3cc(-c4ccccc4)no3)c3ccccc23)[nH]1. The van der Waals surface area contributed by atoms with E-state index in [4.69, 9.17) is 4.52 Å². The van der Waals surface area contributed by atoms with Crippen molar-refractivity contribution in [3.8, 4) is 17.1 Å². The zero-order valence-corrected chi connectivity index (χ0v) is 14.9. The average molecular weight is 354 g/mol. The quantitative estimate of drug-likeness (QED) is 0.499. The molecule has 0 unspecified atom stereocenters. The third-order valence-corrected chi connectivity index (χ3v) is 4.74. The van der Waals surface area contributed by atoms with Crippen molar-refractivity contribution < 1.29 is 4.52 Å². The molecule has 1 N–H and O–H groups in total. The molecule has 5 rings (SSSR count). The Balaban J connectivity index is 1.59. The molecule has 3 heterocycles. The first-order chi connectivity index (χ1) is 13.3. The number of nitrogens with zero attached hydrogens (tertiary/aromatic N) is 3. The lowest BCUT2D eigenvalue weighted by Gasteiger charge is -1.98. The van der Waals surface area contributed by atoms with Crippen molar-refractivity contribution in [1.82, 2.24) is 19.7 Å². The number of H-pyrrole nitrogens is 1. The third kappa shape index (κ3) is 2.83. The van der Waals surface area contributed by atoms with Crippen LogP contribution in [-0.4, -0.2) is 19.7 Å². The van der Waals surface area contributed by atoms with Crippen molar-refractivity contribution in [2.24, 2.45) is 0 Å². The van der Waals surface area contributed by atoms with Gasteiger partial charge >= 0.3 is 0 Å². The van der Waals surface area contributed by atoms with Gasteiger partial charge in [0, 0.05) is 41.5 Å². The average Bonchev–Trinajstić information content (AvgIpc) is 3.42. The smallest absolute Gasteiger partial charge is 0.236 e. The van der Waals surface area contributed by atoms with Gasteiger partial charge in [-0.05, 0) is 18.6 Å². The molecule has 0 saturated carbocycles. The van der Waals surface area contributed by atoms with Crippen LogP contribution in [-0.2, 0) is 6.42 Å². The molecular formula is C22H18N4O. The summed E-state index contributed by atoms with van der Waals surface area (Å²) in [5.41, 5.74) is 5.27. The van der Waals surface area contributed by atoms with Crippen LogP contribution >= 0.6 is 0 Å². The number of fused-ring (bicyclic) bond motifs is 1. The highest BCUT2D eigenvalue weighted by Gasteiger charge is 2.14. The summed E-state index contributed by atoms with van der Waals surface area (Å²) in [4.78, 5) is 7.61. The minimum absolute atomic E-state index is 0.706. The Labute approximate surface area is 156 Å². The highest BCUT2D eigenvalue weighted by Crippen LogP contribution is 2.28. The Bertz CT molecular complexity index is 1210. The van der Waals surface area contributed by atoms with Crippen molar-refractivity contribution in [3.63, 3.8) is 0 Å². The first-order valence-corrected chi connectivity index (χ1v) is 8.90. The fraction of sp³-hybridized carbons (Fsp3) is 0.0909. The molecule has 0 bridgehead atoms. The van der Waals surface area contributed by atoms with Gasteiger partial charge < -0.3 is 9.51 Å². The van der Waals surface area contributed by atoms with Gasteiger partial charge in [-0.15, -0.1) is 0 Å². The number of imidazole rings is 1. The summed E-state index contributed by atoms with van der Waals surface area (Å²) >= 11 is 0. The fourth-order valence-electron chi connectivity index (χ4n) is 3.46. The predicted molar refractivity (Wildman–Crippen MR) is 105 cm³/mol. The van der Waals surface area contributed by atoms with E-state index >= 15 is 0 Å². The summed E-state index contributed by atoms with van der Waals surface area (Å²) in [6.07, 6.45) is 4.80. The minimum Gasteiger partial charge on any atom is -0.346 e. The largest absolute Gasteiger partial charge is 0.346 e. The van der Waals surface area contributed by atoms with Crippen LogP contribution < -0.4 is 0 Å². The maximum Gasteiger partial charge on any atom is 0.236 e. The number of benzene rings is 2. The molecule has 0 atom stereocenters. The number of aromatic amines is 1. The number of rotatable bonds is 4. The van der Waals surface area contributed by atoms with Crippen LogP contribution in [0.3, 0.4) is 0 Å². The fourth-order valence-corrected chi connectivity index (χ4v) is 3.46. The van der Waals surface area contributed by atoms with Crippen molar-refractivity contribution in [2.45, 2.75) is 13.3 Å². The number of hydrogen-bond acceptors (Lipinski definition) is 3. The van der Waals surface area contributed by atoms with E-state index in [1.807, 2.05) is 55.6 Å². The van der Waals surface area contributed by atoms with Crippen molar-refractivity contribution in [1.29, 1.82) is 0 Å². The molecule has 0 fully saturated rings. The Morgan fingerprint density at radius 2 is 1.85 bits per heavy atom. The van der Waals surface area contributed by atoms with Gasteiger partial charge in [0.15, 0.2) is 0 Å². The van der Waals surface area contributed by atoms with Crippen LogP contribution in [0.1, 0.15) is 17.1 Å². The Morgan fingerprint density at radius 3 is 2.67 bits per heavy atom. The molecule has 2 aromatic carbocycles. The molecule has 5 aromatic rings. The molecule has 132 valence electrons. The predicted octanol–water partition coefficient (Wildman–Crippen LogP) is 4.91. The Hall–Kier alpha value is -3.60. The van der Waals surface area contributed by atoms with E-state index in [0.717, 1.165) is 34.7 Å². The lowest BCUT2D eigenvalue weighted by Crippen LogP contribution is -1.89. The van der Waals surface area contributed by atoms with E-state index in [1.165, 1.54) is 10.9 Å². The van der Waals surface area contributed by atoms with Gasteiger partial charge in [-0.1, -0.05) is 53.7 Å². The number of nitrogens with one attached hydrogen (secondary N) is 1. The van der Waals surface area contributed by atoms with Gasteiger partial charge in [0.1, 0.15) is 11.5 Å². The molecule has 0 amide bonds. The third-order valence-electron chi connectivity index (χ3n) is 4.74. The number of aromatic nitrogens is 4. The van der Waals surface area contributed by atoms with Gasteiger partial charge in [0.05, 0.1) is 5.52 Å². The first-order valence-electron chi connectivity index (χ1n) is 8.90. The summed E-state index contributed by atoms with van der Waals surface area (Å²) in [5, 5.41) is 5.45. The van der Waals surface area contributed by atoms with Crippen LogP contribution in [0.15, 0.2) is 77.6 Å². The maximum atomic E-state index is 5.67. The molecule has 0 aliphatic carbocycles. The number of aryl methyl sites for hydroxylation is 1. The lowest BCUT2D eigenvalue weighted by atomic mass is 10.1. The summed E-state index contributed by atoms with van der Waals surface area (Å²) in [6.45, 7) is 1.96. The van der Waals surface area contributed by atoms with E-state index in [-0.39, 0.29) is 0 Å². The standard InChI is InChI=1S/C22H18N4O/c1-15-23-13-18(24-15)11-17-14-26(21-10-6-5-9-19(17)21)22-12-20(25-27-22)16-7-3-2-4-8-16/h2-10,12-14H,11H2,1H3,(H,23,24). The van der Waals surface area contributed by atoms with E-state index in [1.54, 1.807) is 0 Å². The number of para-hydroxylation sites is 1. The lowest BCUT2D eigenvalue weighted by molar-refractivity contribution is 0.410. The van der Waals surface area contributed by atoms with Crippen molar-refractivity contribution in [3.05, 3.63) is 90.1 Å². The molecular weight excluding hydrogens is 336 g/mol.